The van der Waals surface area contributed by atoms with Gasteiger partial charge in [-0.25, -0.2) is 13.1 Å². The molecule has 0 aliphatic carbocycles. The quantitative estimate of drug-likeness (QED) is 0.386. The standard InChI is InChI=1S/C15H24N4O3S/c1-2-23(20,21)18-10-5-9-17-15(16)19-13-8-11-22-14-7-4-3-6-12(13)14/h3-4,6-7,13,18H,2,5,8-11H2,1H3,(H3,16,17,19). The van der Waals surface area contributed by atoms with Crippen LogP contribution in [0.2, 0.25) is 0 Å². The smallest absolute Gasteiger partial charge is 0.211 e. The summed E-state index contributed by atoms with van der Waals surface area (Å²) < 4.78 is 30.7. The topological polar surface area (TPSA) is 106 Å². The molecule has 0 spiro atoms. The zero-order chi connectivity index (χ0) is 16.7. The Bertz CT molecular complexity index is 646. The molecule has 1 heterocycles. The maximum absolute atomic E-state index is 11.3. The van der Waals surface area contributed by atoms with Crippen LogP contribution >= 0.6 is 0 Å². The summed E-state index contributed by atoms with van der Waals surface area (Å²) in [5.74, 6) is 1.33. The minimum Gasteiger partial charge on any atom is -0.493 e. The monoisotopic (exact) mass is 340 g/mol. The Labute approximate surface area is 137 Å². The number of guanidine groups is 1. The summed E-state index contributed by atoms with van der Waals surface area (Å²) in [5, 5.41) is 3.20. The fraction of sp³-hybridized carbons (Fsp3) is 0.533. The van der Waals surface area contributed by atoms with Gasteiger partial charge >= 0.3 is 0 Å². The summed E-state index contributed by atoms with van der Waals surface area (Å²) in [5.41, 5.74) is 6.99. The van der Waals surface area contributed by atoms with Crippen molar-refractivity contribution in [1.29, 1.82) is 0 Å². The zero-order valence-corrected chi connectivity index (χ0v) is 14.1. The molecule has 0 amide bonds. The van der Waals surface area contributed by atoms with Gasteiger partial charge in [-0.1, -0.05) is 18.2 Å². The lowest BCUT2D eigenvalue weighted by Crippen LogP contribution is -2.37. The minimum atomic E-state index is -3.14. The van der Waals surface area contributed by atoms with E-state index in [1.165, 1.54) is 0 Å². The van der Waals surface area contributed by atoms with Gasteiger partial charge < -0.3 is 15.8 Å². The predicted octanol–water partition coefficient (Wildman–Crippen LogP) is 0.744. The second-order valence-electron chi connectivity index (χ2n) is 5.29. The van der Waals surface area contributed by atoms with Crippen molar-refractivity contribution in [3.63, 3.8) is 0 Å². The van der Waals surface area contributed by atoms with Gasteiger partial charge in [-0.05, 0) is 19.4 Å². The van der Waals surface area contributed by atoms with Gasteiger partial charge in [0, 0.05) is 25.1 Å². The summed E-state index contributed by atoms with van der Waals surface area (Å²) >= 11 is 0. The van der Waals surface area contributed by atoms with Gasteiger partial charge in [0.2, 0.25) is 10.0 Å². The van der Waals surface area contributed by atoms with Gasteiger partial charge in [0.05, 0.1) is 18.4 Å². The highest BCUT2D eigenvalue weighted by Gasteiger charge is 2.21. The van der Waals surface area contributed by atoms with Crippen LogP contribution in [0.25, 0.3) is 0 Å². The fourth-order valence-corrected chi connectivity index (χ4v) is 2.98. The second kappa shape index (κ2) is 8.16. The van der Waals surface area contributed by atoms with Crippen LogP contribution in [0, 0.1) is 0 Å². The number of fused-ring (bicyclic) bond motifs is 1. The number of nitrogens with zero attached hydrogens (tertiary/aromatic N) is 1. The maximum atomic E-state index is 11.3. The van der Waals surface area contributed by atoms with Gasteiger partial charge in [-0.15, -0.1) is 0 Å². The van der Waals surface area contributed by atoms with E-state index in [2.05, 4.69) is 15.0 Å². The van der Waals surface area contributed by atoms with Gasteiger partial charge in [-0.2, -0.15) is 0 Å². The summed E-state index contributed by atoms with van der Waals surface area (Å²) in [6.07, 6.45) is 1.43. The highest BCUT2D eigenvalue weighted by Crippen LogP contribution is 2.31. The van der Waals surface area contributed by atoms with Gasteiger partial charge in [0.25, 0.3) is 0 Å². The average molecular weight is 340 g/mol. The molecule has 0 aromatic heterocycles. The number of para-hydroxylation sites is 1. The van der Waals surface area contributed by atoms with E-state index >= 15 is 0 Å². The molecule has 0 bridgehead atoms. The van der Waals surface area contributed by atoms with Crippen molar-refractivity contribution in [2.24, 2.45) is 10.7 Å². The predicted molar refractivity (Wildman–Crippen MR) is 91.0 cm³/mol. The number of hydrogen-bond acceptors (Lipinski definition) is 4. The van der Waals surface area contributed by atoms with Crippen LogP contribution < -0.4 is 20.5 Å². The Morgan fingerprint density at radius 2 is 2.22 bits per heavy atom. The van der Waals surface area contributed by atoms with E-state index in [-0.39, 0.29) is 11.8 Å². The molecular weight excluding hydrogens is 316 g/mol. The number of nitrogens with two attached hydrogens (primary N) is 1. The molecule has 0 saturated carbocycles. The molecule has 1 aromatic rings. The summed E-state index contributed by atoms with van der Waals surface area (Å²) in [6, 6.07) is 7.95. The highest BCUT2D eigenvalue weighted by molar-refractivity contribution is 7.89. The first-order chi connectivity index (χ1) is 11.0. The first-order valence-electron chi connectivity index (χ1n) is 7.77. The Morgan fingerprint density at radius 3 is 3.00 bits per heavy atom. The van der Waals surface area contributed by atoms with Gasteiger partial charge in [-0.3, -0.25) is 4.99 Å². The molecule has 1 aliphatic heterocycles. The number of rotatable bonds is 7. The van der Waals surface area contributed by atoms with E-state index in [0.29, 0.717) is 32.1 Å². The van der Waals surface area contributed by atoms with Crippen LogP contribution in [0.4, 0.5) is 0 Å². The lowest BCUT2D eigenvalue weighted by Gasteiger charge is -2.26. The first kappa shape index (κ1) is 17.6. The minimum absolute atomic E-state index is 0.0855. The third kappa shape index (κ3) is 5.40. The normalized spacial score (nSPS) is 18.1. The SMILES string of the molecule is CCS(=O)(=O)NCCCN=C(N)NC1CCOc2ccccc21. The number of sulfonamides is 1. The number of nitrogens with one attached hydrogen (secondary N) is 2. The van der Waals surface area contributed by atoms with Crippen LogP contribution in [0.1, 0.15) is 31.4 Å². The number of benzene rings is 1. The lowest BCUT2D eigenvalue weighted by molar-refractivity contribution is 0.262. The van der Waals surface area contributed by atoms with Crippen molar-refractivity contribution in [3.05, 3.63) is 29.8 Å². The molecule has 8 heteroatoms. The van der Waals surface area contributed by atoms with Gasteiger partial charge in [0.1, 0.15) is 5.75 Å². The highest BCUT2D eigenvalue weighted by atomic mass is 32.2. The van der Waals surface area contributed by atoms with E-state index in [1.807, 2.05) is 24.3 Å². The largest absolute Gasteiger partial charge is 0.493 e. The summed E-state index contributed by atoms with van der Waals surface area (Å²) in [4.78, 5) is 4.24. The van der Waals surface area contributed by atoms with Crippen LogP contribution in [0.3, 0.4) is 0 Å². The third-order valence-electron chi connectivity index (χ3n) is 3.60. The Morgan fingerprint density at radius 1 is 1.43 bits per heavy atom. The van der Waals surface area contributed by atoms with E-state index in [4.69, 9.17) is 10.5 Å². The van der Waals surface area contributed by atoms with E-state index < -0.39 is 10.0 Å². The Kier molecular flexibility index (Phi) is 6.23. The molecule has 2 rings (SSSR count). The zero-order valence-electron chi connectivity index (χ0n) is 13.3. The average Bonchev–Trinajstić information content (AvgIpc) is 2.55. The molecule has 7 nitrogen and oxygen atoms in total. The lowest BCUT2D eigenvalue weighted by atomic mass is 10.0. The van der Waals surface area contributed by atoms with Crippen LogP contribution in [0.5, 0.6) is 5.75 Å². The molecule has 1 unspecified atom stereocenters. The molecule has 1 atom stereocenters. The molecule has 0 fully saturated rings. The molecule has 0 saturated heterocycles. The van der Waals surface area contributed by atoms with E-state index in [9.17, 15) is 8.42 Å². The third-order valence-corrected chi connectivity index (χ3v) is 5.00. The molecule has 4 N–H and O–H groups in total. The van der Waals surface area contributed by atoms with Crippen molar-refractivity contribution >= 4 is 16.0 Å². The molecule has 128 valence electrons. The van der Waals surface area contributed by atoms with Crippen molar-refractivity contribution < 1.29 is 13.2 Å². The summed E-state index contributed by atoms with van der Waals surface area (Å²) in [6.45, 7) is 3.08. The molecule has 1 aromatic carbocycles. The Balaban J connectivity index is 1.80. The fourth-order valence-electron chi connectivity index (χ4n) is 2.32. The number of aliphatic imine (C=N–C) groups is 1. The second-order valence-corrected chi connectivity index (χ2v) is 7.39. The van der Waals surface area contributed by atoms with E-state index in [1.54, 1.807) is 6.92 Å². The van der Waals surface area contributed by atoms with Crippen LogP contribution in [-0.4, -0.2) is 39.8 Å². The molecule has 23 heavy (non-hydrogen) atoms. The van der Waals surface area contributed by atoms with Crippen LogP contribution in [-0.2, 0) is 10.0 Å². The molecule has 1 aliphatic rings. The van der Waals surface area contributed by atoms with Crippen LogP contribution in [0.15, 0.2) is 29.3 Å². The molecule has 0 radical (unpaired) electrons. The van der Waals surface area contributed by atoms with Crippen molar-refractivity contribution in [2.45, 2.75) is 25.8 Å². The number of hydrogen-bond donors (Lipinski definition) is 3. The Hall–Kier alpha value is -1.80. The van der Waals surface area contributed by atoms with Crippen molar-refractivity contribution in [2.75, 3.05) is 25.4 Å². The van der Waals surface area contributed by atoms with E-state index in [0.717, 1.165) is 17.7 Å². The van der Waals surface area contributed by atoms with Gasteiger partial charge in [0.15, 0.2) is 5.96 Å². The number of ether oxygens (including phenoxy) is 1. The maximum Gasteiger partial charge on any atom is 0.211 e. The van der Waals surface area contributed by atoms with Crippen molar-refractivity contribution in [3.8, 4) is 5.75 Å². The first-order valence-corrected chi connectivity index (χ1v) is 9.42. The summed E-state index contributed by atoms with van der Waals surface area (Å²) in [7, 11) is -3.14. The molecular formula is C15H24N4O3S. The van der Waals surface area contributed by atoms with Crippen molar-refractivity contribution in [1.82, 2.24) is 10.0 Å².